The minimum Gasteiger partial charge on any atom is -0.394 e. The summed E-state index contributed by atoms with van der Waals surface area (Å²) in [5, 5.41) is 8.28. The number of aliphatic hydroxyl groups is 1. The lowest BCUT2D eigenvalue weighted by atomic mass is 10.3. The van der Waals surface area contributed by atoms with Gasteiger partial charge in [0.05, 0.1) is 18.9 Å². The maximum absolute atomic E-state index is 10.4. The van der Waals surface area contributed by atoms with Crippen LogP contribution in [0.15, 0.2) is 4.99 Å². The molecule has 52 valence electrons. The first-order chi connectivity index (χ1) is 4.18. The molecule has 0 bridgehead atoms. The molecule has 0 aromatic rings. The van der Waals surface area contributed by atoms with Crippen LogP contribution in [0.5, 0.6) is 0 Å². The Bertz CT molecular complexity index is 129. The van der Waals surface area contributed by atoms with Crippen molar-refractivity contribution in [3.05, 3.63) is 0 Å². The SMILES string of the molecule is CC(=O)C(C)=NCCO. The quantitative estimate of drug-likeness (QED) is 0.546. The molecule has 0 aromatic carbocycles. The number of carbonyl (C=O) groups is 1. The van der Waals surface area contributed by atoms with Gasteiger partial charge in [0.25, 0.3) is 0 Å². The number of Topliss-reactive ketones (excluding diaryl/α,β-unsaturated/α-hetero) is 1. The van der Waals surface area contributed by atoms with Gasteiger partial charge in [-0.2, -0.15) is 0 Å². The minimum absolute atomic E-state index is 0.00458. The number of aliphatic imine (C=N–C) groups is 1. The summed E-state index contributed by atoms with van der Waals surface area (Å²) in [6.07, 6.45) is 0. The number of nitrogens with zero attached hydrogens (tertiary/aromatic N) is 1. The highest BCUT2D eigenvalue weighted by Gasteiger charge is 1.94. The van der Waals surface area contributed by atoms with Crippen molar-refractivity contribution in [2.24, 2.45) is 4.99 Å². The molecule has 0 aliphatic rings. The molecule has 0 atom stereocenters. The van der Waals surface area contributed by atoms with E-state index in [-0.39, 0.29) is 12.4 Å². The van der Waals surface area contributed by atoms with E-state index in [4.69, 9.17) is 5.11 Å². The molecule has 0 aliphatic heterocycles. The van der Waals surface area contributed by atoms with Crippen molar-refractivity contribution < 1.29 is 9.90 Å². The Balaban J connectivity index is 3.69. The molecule has 0 aromatic heterocycles. The van der Waals surface area contributed by atoms with E-state index in [0.29, 0.717) is 12.3 Å². The maximum Gasteiger partial charge on any atom is 0.173 e. The Morgan fingerprint density at radius 1 is 1.56 bits per heavy atom. The number of hydrogen-bond donors (Lipinski definition) is 1. The van der Waals surface area contributed by atoms with E-state index < -0.39 is 0 Å². The topological polar surface area (TPSA) is 49.7 Å². The zero-order valence-electron chi connectivity index (χ0n) is 5.72. The summed E-state index contributed by atoms with van der Waals surface area (Å²) >= 11 is 0. The molecular weight excluding hydrogens is 118 g/mol. The fourth-order valence-electron chi connectivity index (χ4n) is 0.329. The Morgan fingerprint density at radius 3 is 2.44 bits per heavy atom. The molecule has 3 nitrogen and oxygen atoms in total. The molecule has 0 unspecified atom stereocenters. The average molecular weight is 129 g/mol. The molecule has 0 heterocycles. The lowest BCUT2D eigenvalue weighted by Crippen LogP contribution is -2.06. The van der Waals surface area contributed by atoms with Crippen molar-refractivity contribution in [1.82, 2.24) is 0 Å². The van der Waals surface area contributed by atoms with Gasteiger partial charge in [0.15, 0.2) is 5.78 Å². The van der Waals surface area contributed by atoms with Crippen molar-refractivity contribution in [3.8, 4) is 0 Å². The van der Waals surface area contributed by atoms with Gasteiger partial charge < -0.3 is 5.11 Å². The third kappa shape index (κ3) is 3.85. The van der Waals surface area contributed by atoms with Crippen LogP contribution in [0.1, 0.15) is 13.8 Å². The van der Waals surface area contributed by atoms with Gasteiger partial charge in [-0.25, -0.2) is 0 Å². The Labute approximate surface area is 54.4 Å². The highest BCUT2D eigenvalue weighted by molar-refractivity contribution is 6.37. The molecule has 0 aliphatic carbocycles. The Kier molecular flexibility index (Phi) is 3.88. The summed E-state index contributed by atoms with van der Waals surface area (Å²) < 4.78 is 0. The minimum atomic E-state index is -0.0385. The van der Waals surface area contributed by atoms with E-state index in [0.717, 1.165) is 0 Å². The summed E-state index contributed by atoms with van der Waals surface area (Å²) in [5.41, 5.74) is 0.476. The molecule has 0 spiro atoms. The second-order valence-corrected chi connectivity index (χ2v) is 1.75. The van der Waals surface area contributed by atoms with Gasteiger partial charge in [-0.05, 0) is 6.92 Å². The molecule has 9 heavy (non-hydrogen) atoms. The summed E-state index contributed by atoms with van der Waals surface area (Å²) in [6, 6.07) is 0. The number of hydrogen-bond acceptors (Lipinski definition) is 3. The van der Waals surface area contributed by atoms with Gasteiger partial charge in [0.1, 0.15) is 0 Å². The van der Waals surface area contributed by atoms with Gasteiger partial charge in [-0.1, -0.05) is 0 Å². The van der Waals surface area contributed by atoms with Gasteiger partial charge in [-0.15, -0.1) is 0 Å². The van der Waals surface area contributed by atoms with E-state index in [1.807, 2.05) is 0 Å². The van der Waals surface area contributed by atoms with Crippen LogP contribution in [0.25, 0.3) is 0 Å². The lowest BCUT2D eigenvalue weighted by Gasteiger charge is -1.90. The van der Waals surface area contributed by atoms with E-state index >= 15 is 0 Å². The standard InChI is InChI=1S/C6H11NO2/c1-5(6(2)9)7-3-4-8/h8H,3-4H2,1-2H3. The van der Waals surface area contributed by atoms with Crippen molar-refractivity contribution in [1.29, 1.82) is 0 Å². The number of aliphatic hydroxyl groups excluding tert-OH is 1. The second kappa shape index (κ2) is 4.21. The molecule has 0 amide bonds. The Hall–Kier alpha value is -0.700. The Morgan fingerprint density at radius 2 is 2.11 bits per heavy atom. The number of carbonyl (C=O) groups excluding carboxylic acids is 1. The summed E-state index contributed by atoms with van der Waals surface area (Å²) in [4.78, 5) is 14.2. The number of rotatable bonds is 3. The molecule has 0 fully saturated rings. The molecule has 1 N–H and O–H groups in total. The fourth-order valence-corrected chi connectivity index (χ4v) is 0.329. The van der Waals surface area contributed by atoms with Crippen molar-refractivity contribution in [3.63, 3.8) is 0 Å². The zero-order chi connectivity index (χ0) is 7.28. The predicted octanol–water partition coefficient (Wildman–Crippen LogP) is 0.0286. The summed E-state index contributed by atoms with van der Waals surface area (Å²) in [5.74, 6) is -0.0385. The molecule has 0 saturated carbocycles. The monoisotopic (exact) mass is 129 g/mol. The van der Waals surface area contributed by atoms with Gasteiger partial charge in [-0.3, -0.25) is 9.79 Å². The van der Waals surface area contributed by atoms with Gasteiger partial charge in [0.2, 0.25) is 0 Å². The fraction of sp³-hybridized carbons (Fsp3) is 0.667. The second-order valence-electron chi connectivity index (χ2n) is 1.75. The summed E-state index contributed by atoms with van der Waals surface area (Å²) in [6.45, 7) is 3.42. The average Bonchev–Trinajstić information content (AvgIpc) is 1.82. The lowest BCUT2D eigenvalue weighted by molar-refractivity contribution is -0.111. The predicted molar refractivity (Wildman–Crippen MR) is 35.7 cm³/mol. The first kappa shape index (κ1) is 8.30. The zero-order valence-corrected chi connectivity index (χ0v) is 5.72. The van der Waals surface area contributed by atoms with Gasteiger partial charge >= 0.3 is 0 Å². The summed E-state index contributed by atoms with van der Waals surface area (Å²) in [7, 11) is 0. The molecule has 0 saturated heterocycles. The van der Waals surface area contributed by atoms with Crippen LogP contribution in [0.3, 0.4) is 0 Å². The molecule has 0 rings (SSSR count). The normalized spacial score (nSPS) is 11.7. The number of ketones is 1. The molecule has 0 radical (unpaired) electrons. The van der Waals surface area contributed by atoms with Crippen LogP contribution in [-0.4, -0.2) is 29.8 Å². The van der Waals surface area contributed by atoms with E-state index in [1.54, 1.807) is 6.92 Å². The van der Waals surface area contributed by atoms with Crippen LogP contribution in [-0.2, 0) is 4.79 Å². The first-order valence-electron chi connectivity index (χ1n) is 2.81. The van der Waals surface area contributed by atoms with Crippen LogP contribution in [0.4, 0.5) is 0 Å². The molecule has 3 heteroatoms. The van der Waals surface area contributed by atoms with Crippen LogP contribution < -0.4 is 0 Å². The van der Waals surface area contributed by atoms with E-state index in [1.165, 1.54) is 6.92 Å². The van der Waals surface area contributed by atoms with E-state index in [2.05, 4.69) is 4.99 Å². The van der Waals surface area contributed by atoms with Crippen molar-refractivity contribution >= 4 is 11.5 Å². The first-order valence-corrected chi connectivity index (χ1v) is 2.81. The van der Waals surface area contributed by atoms with Crippen LogP contribution in [0.2, 0.25) is 0 Å². The molecular formula is C6H11NO2. The highest BCUT2D eigenvalue weighted by atomic mass is 16.3. The highest BCUT2D eigenvalue weighted by Crippen LogP contribution is 1.78. The van der Waals surface area contributed by atoms with Crippen molar-refractivity contribution in [2.45, 2.75) is 13.8 Å². The van der Waals surface area contributed by atoms with Crippen LogP contribution in [0, 0.1) is 0 Å². The van der Waals surface area contributed by atoms with Gasteiger partial charge in [0, 0.05) is 6.92 Å². The third-order valence-corrected chi connectivity index (χ3v) is 0.958. The smallest absolute Gasteiger partial charge is 0.173 e. The maximum atomic E-state index is 10.4. The van der Waals surface area contributed by atoms with Crippen molar-refractivity contribution in [2.75, 3.05) is 13.2 Å². The van der Waals surface area contributed by atoms with Crippen LogP contribution >= 0.6 is 0 Å². The van der Waals surface area contributed by atoms with E-state index in [9.17, 15) is 4.79 Å². The third-order valence-electron chi connectivity index (χ3n) is 0.958. The largest absolute Gasteiger partial charge is 0.394 e.